The summed E-state index contributed by atoms with van der Waals surface area (Å²) in [5, 5.41) is 5.14. The minimum atomic E-state index is 0. The quantitative estimate of drug-likeness (QED) is 0.905. The smallest absolute Gasteiger partial charge is 0.265 e. The molecular weight excluding hydrogens is 312 g/mol. The molecule has 0 saturated carbocycles. The molecule has 3 nitrogen and oxygen atoms in total. The minimum absolute atomic E-state index is 0. The molecular formula is C10H14BrClN2OS. The molecule has 1 aromatic rings. The van der Waals surface area contributed by atoms with E-state index in [0.29, 0.717) is 6.04 Å². The fraction of sp³-hybridized carbons (Fsp3) is 0.500. The molecule has 2 rings (SSSR count). The first-order valence-corrected chi connectivity index (χ1v) is 6.59. The molecule has 0 aromatic carbocycles. The maximum atomic E-state index is 12.1. The number of nitrogens with one attached hydrogen (secondary N) is 1. The number of hydrogen-bond donors (Lipinski definition) is 1. The highest BCUT2D eigenvalue weighted by molar-refractivity contribution is 9.10. The summed E-state index contributed by atoms with van der Waals surface area (Å²) in [7, 11) is 1.94. The van der Waals surface area contributed by atoms with Gasteiger partial charge in [-0.1, -0.05) is 0 Å². The van der Waals surface area contributed by atoms with E-state index in [-0.39, 0.29) is 18.3 Å². The van der Waals surface area contributed by atoms with Crippen LogP contribution in [-0.2, 0) is 0 Å². The summed E-state index contributed by atoms with van der Waals surface area (Å²) in [6.45, 7) is 1.67. The van der Waals surface area contributed by atoms with Crippen LogP contribution >= 0.6 is 39.7 Å². The van der Waals surface area contributed by atoms with Gasteiger partial charge in [0.05, 0.1) is 0 Å². The van der Waals surface area contributed by atoms with Gasteiger partial charge < -0.3 is 10.2 Å². The second kappa shape index (κ2) is 6.00. The van der Waals surface area contributed by atoms with E-state index in [9.17, 15) is 4.79 Å². The molecule has 1 N–H and O–H groups in total. The van der Waals surface area contributed by atoms with Gasteiger partial charge in [0, 0.05) is 23.6 Å². The van der Waals surface area contributed by atoms with Crippen molar-refractivity contribution in [3.8, 4) is 0 Å². The Labute approximate surface area is 114 Å². The number of hydrogen-bond acceptors (Lipinski definition) is 3. The van der Waals surface area contributed by atoms with Crippen molar-refractivity contribution in [3.05, 3.63) is 20.8 Å². The number of nitrogens with zero attached hydrogens (tertiary/aromatic N) is 1. The van der Waals surface area contributed by atoms with E-state index in [0.717, 1.165) is 28.9 Å². The van der Waals surface area contributed by atoms with Crippen molar-refractivity contribution < 1.29 is 4.79 Å². The van der Waals surface area contributed by atoms with Crippen LogP contribution in [0.2, 0.25) is 0 Å². The predicted octanol–water partition coefficient (Wildman–Crippen LogP) is 2.37. The fourth-order valence-electron chi connectivity index (χ4n) is 1.77. The van der Waals surface area contributed by atoms with Crippen molar-refractivity contribution in [3.63, 3.8) is 0 Å². The van der Waals surface area contributed by atoms with Crippen molar-refractivity contribution in [2.45, 2.75) is 12.5 Å². The van der Waals surface area contributed by atoms with E-state index in [2.05, 4.69) is 21.2 Å². The molecule has 1 saturated heterocycles. The summed E-state index contributed by atoms with van der Waals surface area (Å²) >= 11 is 4.89. The van der Waals surface area contributed by atoms with Gasteiger partial charge in [-0.3, -0.25) is 4.79 Å². The van der Waals surface area contributed by atoms with Gasteiger partial charge in [0.15, 0.2) is 0 Å². The SMILES string of the molecule is CNC1CCN(C(=O)c2sccc2Br)C1.Cl. The van der Waals surface area contributed by atoms with Crippen LogP contribution in [0.1, 0.15) is 16.1 Å². The Balaban J connectivity index is 0.00000128. The Bertz CT molecular complexity index is 371. The molecule has 1 unspecified atom stereocenters. The van der Waals surface area contributed by atoms with E-state index in [1.54, 1.807) is 0 Å². The van der Waals surface area contributed by atoms with Gasteiger partial charge in [-0.2, -0.15) is 0 Å². The van der Waals surface area contributed by atoms with E-state index in [1.165, 1.54) is 11.3 Å². The fourth-order valence-corrected chi connectivity index (χ4v) is 3.28. The van der Waals surface area contributed by atoms with Gasteiger partial charge in [-0.25, -0.2) is 0 Å². The third-order valence-electron chi connectivity index (χ3n) is 2.70. The molecule has 0 bridgehead atoms. The van der Waals surface area contributed by atoms with Crippen LogP contribution < -0.4 is 5.32 Å². The Morgan fingerprint density at radius 2 is 2.44 bits per heavy atom. The van der Waals surface area contributed by atoms with E-state index in [4.69, 9.17) is 0 Å². The molecule has 1 amide bonds. The number of rotatable bonds is 2. The normalized spacial score (nSPS) is 19.6. The topological polar surface area (TPSA) is 32.3 Å². The molecule has 1 aliphatic heterocycles. The summed E-state index contributed by atoms with van der Waals surface area (Å²) < 4.78 is 0.908. The first-order chi connectivity index (χ1) is 7.22. The van der Waals surface area contributed by atoms with Crippen LogP contribution in [-0.4, -0.2) is 37.0 Å². The average Bonchev–Trinajstić information content (AvgIpc) is 2.84. The summed E-state index contributed by atoms with van der Waals surface area (Å²) in [5.41, 5.74) is 0. The number of carbonyl (C=O) groups is 1. The van der Waals surface area contributed by atoms with Gasteiger partial charge in [0.25, 0.3) is 5.91 Å². The standard InChI is InChI=1S/C10H13BrN2OS.ClH/c1-12-7-2-4-13(6-7)10(14)9-8(11)3-5-15-9;/h3,5,7,12H,2,4,6H2,1H3;1H. The van der Waals surface area contributed by atoms with Crippen LogP contribution in [0.25, 0.3) is 0 Å². The van der Waals surface area contributed by atoms with Crippen LogP contribution in [0, 0.1) is 0 Å². The maximum absolute atomic E-state index is 12.1. The lowest BCUT2D eigenvalue weighted by molar-refractivity contribution is 0.0793. The molecule has 1 atom stereocenters. The van der Waals surface area contributed by atoms with Crippen LogP contribution in [0.3, 0.4) is 0 Å². The molecule has 6 heteroatoms. The molecule has 90 valence electrons. The van der Waals surface area contributed by atoms with Crippen molar-refractivity contribution in [1.29, 1.82) is 0 Å². The monoisotopic (exact) mass is 324 g/mol. The highest BCUT2D eigenvalue weighted by Gasteiger charge is 2.27. The van der Waals surface area contributed by atoms with Crippen LogP contribution in [0.5, 0.6) is 0 Å². The van der Waals surface area contributed by atoms with Crippen molar-refractivity contribution >= 4 is 45.6 Å². The van der Waals surface area contributed by atoms with Gasteiger partial charge in [-0.15, -0.1) is 23.7 Å². The second-order valence-corrected chi connectivity index (χ2v) is 5.39. The first kappa shape index (κ1) is 14.0. The zero-order valence-corrected chi connectivity index (χ0v) is 12.1. The molecule has 0 aliphatic carbocycles. The Morgan fingerprint density at radius 3 is 2.94 bits per heavy atom. The number of carbonyl (C=O) groups excluding carboxylic acids is 1. The maximum Gasteiger partial charge on any atom is 0.265 e. The van der Waals surface area contributed by atoms with Crippen molar-refractivity contribution in [1.82, 2.24) is 10.2 Å². The highest BCUT2D eigenvalue weighted by Crippen LogP contribution is 2.25. The number of likely N-dealkylation sites (tertiary alicyclic amines) is 1. The summed E-state index contributed by atoms with van der Waals surface area (Å²) in [6.07, 6.45) is 1.05. The molecule has 0 radical (unpaired) electrons. The first-order valence-electron chi connectivity index (χ1n) is 4.92. The Kier molecular flexibility index (Phi) is 5.24. The molecule has 16 heavy (non-hydrogen) atoms. The Hall–Kier alpha value is -0.100. The molecule has 1 fully saturated rings. The highest BCUT2D eigenvalue weighted by atomic mass is 79.9. The average molecular weight is 326 g/mol. The van der Waals surface area contributed by atoms with E-state index in [1.807, 2.05) is 23.4 Å². The molecule has 1 aliphatic rings. The number of thiophene rings is 1. The van der Waals surface area contributed by atoms with Crippen molar-refractivity contribution in [2.75, 3.05) is 20.1 Å². The largest absolute Gasteiger partial charge is 0.336 e. The molecule has 1 aromatic heterocycles. The molecule has 0 spiro atoms. The lowest BCUT2D eigenvalue weighted by atomic mass is 10.3. The number of halogens is 2. The van der Waals surface area contributed by atoms with Gasteiger partial charge in [0.2, 0.25) is 0 Å². The second-order valence-electron chi connectivity index (χ2n) is 3.62. The minimum Gasteiger partial charge on any atom is -0.336 e. The van der Waals surface area contributed by atoms with Crippen molar-refractivity contribution in [2.24, 2.45) is 0 Å². The third kappa shape index (κ3) is 2.77. The zero-order chi connectivity index (χ0) is 10.8. The number of likely N-dealkylation sites (N-methyl/N-ethyl adjacent to an activating group) is 1. The predicted molar refractivity (Wildman–Crippen MR) is 72.6 cm³/mol. The Morgan fingerprint density at radius 1 is 1.69 bits per heavy atom. The lowest BCUT2D eigenvalue weighted by Crippen LogP contribution is -2.33. The molecule has 2 heterocycles. The van der Waals surface area contributed by atoms with E-state index < -0.39 is 0 Å². The summed E-state index contributed by atoms with van der Waals surface area (Å²) in [4.78, 5) is 14.8. The van der Waals surface area contributed by atoms with Gasteiger partial charge >= 0.3 is 0 Å². The zero-order valence-electron chi connectivity index (χ0n) is 8.90. The lowest BCUT2D eigenvalue weighted by Gasteiger charge is -2.15. The third-order valence-corrected chi connectivity index (χ3v) is 4.52. The van der Waals surface area contributed by atoms with Crippen LogP contribution in [0.4, 0.5) is 0 Å². The number of amides is 1. The van der Waals surface area contributed by atoms with Gasteiger partial charge in [-0.05, 0) is 40.8 Å². The van der Waals surface area contributed by atoms with Crippen LogP contribution in [0.15, 0.2) is 15.9 Å². The summed E-state index contributed by atoms with van der Waals surface area (Å²) in [6, 6.07) is 2.37. The van der Waals surface area contributed by atoms with Gasteiger partial charge in [0.1, 0.15) is 4.88 Å². The van der Waals surface area contributed by atoms with E-state index >= 15 is 0 Å². The summed E-state index contributed by atoms with van der Waals surface area (Å²) in [5.74, 6) is 0.148.